The maximum atomic E-state index is 5.86. The maximum Gasteiger partial charge on any atom is 0.169 e. The Bertz CT molecular complexity index is 381. The third-order valence-corrected chi connectivity index (χ3v) is 3.50. The van der Waals surface area contributed by atoms with Crippen LogP contribution in [0.4, 0.5) is 5.82 Å². The largest absolute Gasteiger partial charge is 0.381 e. The molecular formula is C11H19N5O. The standard InChI is InChI=1S/C11H19N5O/c12-11-10(9-1-2-9)16(14-13-11)4-3-15-5-7-17-8-6-15/h9H,1-8,12H2. The molecule has 3 rings (SSSR count). The molecule has 1 aromatic rings. The average molecular weight is 237 g/mol. The topological polar surface area (TPSA) is 69.2 Å². The first-order valence-electron chi connectivity index (χ1n) is 6.33. The van der Waals surface area contributed by atoms with Crippen LogP contribution in [0, 0.1) is 0 Å². The van der Waals surface area contributed by atoms with Gasteiger partial charge in [0.05, 0.1) is 25.5 Å². The molecule has 0 unspecified atom stereocenters. The zero-order valence-corrected chi connectivity index (χ0v) is 10.0. The zero-order valence-electron chi connectivity index (χ0n) is 10.0. The van der Waals surface area contributed by atoms with Gasteiger partial charge in [-0.25, -0.2) is 4.68 Å². The molecule has 2 aliphatic rings. The summed E-state index contributed by atoms with van der Waals surface area (Å²) in [5.41, 5.74) is 7.01. The van der Waals surface area contributed by atoms with Gasteiger partial charge in [0, 0.05) is 25.6 Å². The van der Waals surface area contributed by atoms with Crippen molar-refractivity contribution in [2.45, 2.75) is 25.3 Å². The van der Waals surface area contributed by atoms with E-state index in [0.29, 0.717) is 11.7 Å². The van der Waals surface area contributed by atoms with Gasteiger partial charge >= 0.3 is 0 Å². The van der Waals surface area contributed by atoms with Crippen molar-refractivity contribution in [1.29, 1.82) is 0 Å². The van der Waals surface area contributed by atoms with Crippen molar-refractivity contribution in [1.82, 2.24) is 19.9 Å². The van der Waals surface area contributed by atoms with Gasteiger partial charge in [0.2, 0.25) is 0 Å². The van der Waals surface area contributed by atoms with Gasteiger partial charge in [-0.2, -0.15) is 0 Å². The highest BCUT2D eigenvalue weighted by Gasteiger charge is 2.30. The summed E-state index contributed by atoms with van der Waals surface area (Å²) in [4.78, 5) is 2.40. The normalized spacial score (nSPS) is 21.9. The minimum Gasteiger partial charge on any atom is -0.381 e. The molecule has 0 radical (unpaired) electrons. The lowest BCUT2D eigenvalue weighted by atomic mass is 10.3. The summed E-state index contributed by atoms with van der Waals surface area (Å²) in [6.45, 7) is 5.61. The Morgan fingerprint density at radius 3 is 2.71 bits per heavy atom. The molecule has 1 aliphatic carbocycles. The van der Waals surface area contributed by atoms with E-state index in [4.69, 9.17) is 10.5 Å². The SMILES string of the molecule is Nc1nnn(CCN2CCOCC2)c1C1CC1. The van der Waals surface area contributed by atoms with Gasteiger partial charge in [0.25, 0.3) is 0 Å². The highest BCUT2D eigenvalue weighted by Crippen LogP contribution is 2.41. The summed E-state index contributed by atoms with van der Waals surface area (Å²) < 4.78 is 7.32. The van der Waals surface area contributed by atoms with E-state index in [1.165, 1.54) is 12.8 Å². The molecule has 1 aliphatic heterocycles. The van der Waals surface area contributed by atoms with E-state index in [9.17, 15) is 0 Å². The van der Waals surface area contributed by atoms with Crippen LogP contribution in [0.15, 0.2) is 0 Å². The number of nitrogens with two attached hydrogens (primary N) is 1. The average Bonchev–Trinajstić information content (AvgIpc) is 3.12. The lowest BCUT2D eigenvalue weighted by Crippen LogP contribution is -2.38. The van der Waals surface area contributed by atoms with Crippen molar-refractivity contribution in [3.8, 4) is 0 Å². The highest BCUT2D eigenvalue weighted by molar-refractivity contribution is 5.38. The molecule has 94 valence electrons. The summed E-state index contributed by atoms with van der Waals surface area (Å²) in [5.74, 6) is 1.23. The fraction of sp³-hybridized carbons (Fsp3) is 0.818. The summed E-state index contributed by atoms with van der Waals surface area (Å²) in [6.07, 6.45) is 2.46. The van der Waals surface area contributed by atoms with Crippen LogP contribution in [0.1, 0.15) is 24.5 Å². The van der Waals surface area contributed by atoms with E-state index in [1.54, 1.807) is 0 Å². The minimum atomic E-state index is 0.606. The number of hydrogen-bond acceptors (Lipinski definition) is 5. The number of nitrogens with zero attached hydrogens (tertiary/aromatic N) is 4. The lowest BCUT2D eigenvalue weighted by molar-refractivity contribution is 0.0358. The van der Waals surface area contributed by atoms with E-state index in [-0.39, 0.29) is 0 Å². The monoisotopic (exact) mass is 237 g/mol. The number of morpholine rings is 1. The Morgan fingerprint density at radius 1 is 1.24 bits per heavy atom. The number of anilines is 1. The summed E-state index contributed by atoms with van der Waals surface area (Å²) in [7, 11) is 0. The van der Waals surface area contributed by atoms with Gasteiger partial charge in [0.1, 0.15) is 0 Å². The summed E-state index contributed by atoms with van der Waals surface area (Å²) >= 11 is 0. The summed E-state index contributed by atoms with van der Waals surface area (Å²) in [5, 5.41) is 8.13. The first kappa shape index (κ1) is 11.0. The van der Waals surface area contributed by atoms with Crippen molar-refractivity contribution in [2.24, 2.45) is 0 Å². The van der Waals surface area contributed by atoms with Crippen molar-refractivity contribution in [3.05, 3.63) is 5.69 Å². The second-order valence-electron chi connectivity index (χ2n) is 4.81. The Morgan fingerprint density at radius 2 is 2.00 bits per heavy atom. The summed E-state index contributed by atoms with van der Waals surface area (Å²) in [6, 6.07) is 0. The van der Waals surface area contributed by atoms with Gasteiger partial charge in [-0.05, 0) is 12.8 Å². The Kier molecular flexibility index (Phi) is 2.98. The lowest BCUT2D eigenvalue weighted by Gasteiger charge is -2.26. The number of ether oxygens (including phenoxy) is 1. The molecule has 0 amide bonds. The second kappa shape index (κ2) is 4.62. The molecule has 1 saturated carbocycles. The van der Waals surface area contributed by atoms with Crippen LogP contribution < -0.4 is 5.73 Å². The molecule has 2 N–H and O–H groups in total. The second-order valence-corrected chi connectivity index (χ2v) is 4.81. The molecule has 0 spiro atoms. The number of aromatic nitrogens is 3. The fourth-order valence-corrected chi connectivity index (χ4v) is 2.34. The van der Waals surface area contributed by atoms with E-state index >= 15 is 0 Å². The predicted octanol–water partition coefficient (Wildman–Crippen LogP) is 0.0699. The number of hydrogen-bond donors (Lipinski definition) is 1. The van der Waals surface area contributed by atoms with E-state index in [1.807, 2.05) is 4.68 Å². The first-order chi connectivity index (χ1) is 8.34. The Hall–Kier alpha value is -1.14. The van der Waals surface area contributed by atoms with Crippen molar-refractivity contribution < 1.29 is 4.74 Å². The molecule has 6 heteroatoms. The molecular weight excluding hydrogens is 218 g/mol. The third-order valence-electron chi connectivity index (χ3n) is 3.50. The van der Waals surface area contributed by atoms with Gasteiger partial charge in [-0.3, -0.25) is 4.90 Å². The van der Waals surface area contributed by atoms with E-state index in [0.717, 1.165) is 45.1 Å². The van der Waals surface area contributed by atoms with Crippen LogP contribution in [-0.4, -0.2) is 52.7 Å². The van der Waals surface area contributed by atoms with Crippen molar-refractivity contribution >= 4 is 5.82 Å². The van der Waals surface area contributed by atoms with Crippen molar-refractivity contribution in [2.75, 3.05) is 38.6 Å². The molecule has 2 fully saturated rings. The Labute approximate surface area is 101 Å². The number of rotatable bonds is 4. The highest BCUT2D eigenvalue weighted by atomic mass is 16.5. The molecule has 0 bridgehead atoms. The van der Waals surface area contributed by atoms with Crippen LogP contribution in [0.25, 0.3) is 0 Å². The molecule has 6 nitrogen and oxygen atoms in total. The van der Waals surface area contributed by atoms with Gasteiger partial charge < -0.3 is 10.5 Å². The zero-order chi connectivity index (χ0) is 11.7. The van der Waals surface area contributed by atoms with Crippen LogP contribution in [0.2, 0.25) is 0 Å². The van der Waals surface area contributed by atoms with Gasteiger partial charge in [-0.15, -0.1) is 5.10 Å². The molecule has 0 aromatic carbocycles. The smallest absolute Gasteiger partial charge is 0.169 e. The predicted molar refractivity (Wildman–Crippen MR) is 63.7 cm³/mol. The van der Waals surface area contributed by atoms with Crippen LogP contribution >= 0.6 is 0 Å². The van der Waals surface area contributed by atoms with E-state index in [2.05, 4.69) is 15.2 Å². The van der Waals surface area contributed by atoms with Crippen LogP contribution in [0.5, 0.6) is 0 Å². The van der Waals surface area contributed by atoms with Crippen molar-refractivity contribution in [3.63, 3.8) is 0 Å². The molecule has 0 atom stereocenters. The quantitative estimate of drug-likeness (QED) is 0.802. The molecule has 1 aromatic heterocycles. The first-order valence-corrected chi connectivity index (χ1v) is 6.33. The molecule has 2 heterocycles. The minimum absolute atomic E-state index is 0.606. The fourth-order valence-electron chi connectivity index (χ4n) is 2.34. The van der Waals surface area contributed by atoms with Crippen LogP contribution in [-0.2, 0) is 11.3 Å². The van der Waals surface area contributed by atoms with Gasteiger partial charge in [-0.1, -0.05) is 5.21 Å². The van der Waals surface area contributed by atoms with Crippen LogP contribution in [0.3, 0.4) is 0 Å². The molecule has 17 heavy (non-hydrogen) atoms. The molecule has 1 saturated heterocycles. The Balaban J connectivity index is 1.60. The van der Waals surface area contributed by atoms with E-state index < -0.39 is 0 Å². The number of nitrogen functional groups attached to an aromatic ring is 1. The van der Waals surface area contributed by atoms with Gasteiger partial charge in [0.15, 0.2) is 5.82 Å². The third kappa shape index (κ3) is 2.42. The maximum absolute atomic E-state index is 5.86.